The second kappa shape index (κ2) is 7.11. The van der Waals surface area contributed by atoms with E-state index in [9.17, 15) is 9.59 Å². The van der Waals surface area contributed by atoms with E-state index < -0.39 is 0 Å². The van der Waals surface area contributed by atoms with Gasteiger partial charge in [-0.15, -0.1) is 0 Å². The lowest BCUT2D eigenvalue weighted by Gasteiger charge is -2.34. The summed E-state index contributed by atoms with van der Waals surface area (Å²) in [6.45, 7) is 7.51. The van der Waals surface area contributed by atoms with Gasteiger partial charge in [0.1, 0.15) is 0 Å². The molecule has 3 N–H and O–H groups in total. The molecule has 0 aromatic rings. The molecule has 1 unspecified atom stereocenters. The number of carbonyl (C=O) groups excluding carboxylic acids is 2. The van der Waals surface area contributed by atoms with E-state index in [2.05, 4.69) is 19.2 Å². The number of hydrogen-bond donors (Lipinski definition) is 2. The fourth-order valence-electron chi connectivity index (χ4n) is 3.01. The van der Waals surface area contributed by atoms with Gasteiger partial charge in [0.15, 0.2) is 0 Å². The Balaban J connectivity index is 1.85. The lowest BCUT2D eigenvalue weighted by molar-refractivity contribution is -0.135. The molecule has 120 valence electrons. The van der Waals surface area contributed by atoms with Crippen LogP contribution in [0.5, 0.6) is 0 Å². The van der Waals surface area contributed by atoms with Gasteiger partial charge in [-0.05, 0) is 25.2 Å². The van der Waals surface area contributed by atoms with Crippen molar-refractivity contribution in [1.29, 1.82) is 0 Å². The van der Waals surface area contributed by atoms with Gasteiger partial charge in [-0.2, -0.15) is 0 Å². The molecule has 0 saturated carbocycles. The number of nitrogens with one attached hydrogen (secondary N) is 1. The summed E-state index contributed by atoms with van der Waals surface area (Å²) in [6.07, 6.45) is 2.65. The van der Waals surface area contributed by atoms with E-state index in [1.165, 1.54) is 0 Å². The van der Waals surface area contributed by atoms with Gasteiger partial charge in [0, 0.05) is 38.8 Å². The van der Waals surface area contributed by atoms with Gasteiger partial charge in [0.2, 0.25) is 5.91 Å². The van der Waals surface area contributed by atoms with Gasteiger partial charge in [-0.25, -0.2) is 4.79 Å². The molecule has 2 aliphatic rings. The molecule has 0 radical (unpaired) electrons. The quantitative estimate of drug-likeness (QED) is 0.801. The Bertz CT molecular complexity index is 386. The molecule has 2 saturated heterocycles. The molecule has 0 bridgehead atoms. The van der Waals surface area contributed by atoms with Gasteiger partial charge < -0.3 is 20.9 Å². The van der Waals surface area contributed by atoms with E-state index in [1.807, 2.05) is 4.90 Å². The largest absolute Gasteiger partial charge is 0.341 e. The summed E-state index contributed by atoms with van der Waals surface area (Å²) in [5, 5.41) is 2.93. The fraction of sp³-hybridized carbons (Fsp3) is 0.867. The summed E-state index contributed by atoms with van der Waals surface area (Å²) < 4.78 is 0. The van der Waals surface area contributed by atoms with Crippen LogP contribution in [0.25, 0.3) is 0 Å². The fourth-order valence-corrected chi connectivity index (χ4v) is 3.01. The van der Waals surface area contributed by atoms with Crippen LogP contribution >= 0.6 is 0 Å². The van der Waals surface area contributed by atoms with E-state index in [4.69, 9.17) is 5.73 Å². The standard InChI is InChI=1S/C15H28N4O2/c1-11(2)8-17-15(21)19-6-3-4-12(9-19)14(20)18-7-5-13(16)10-18/h11-13H,3-10,16H2,1-2H3,(H,17,21)/t12?,13-/m1/s1. The molecule has 2 heterocycles. The maximum Gasteiger partial charge on any atom is 0.317 e. The van der Waals surface area contributed by atoms with Gasteiger partial charge in [0.25, 0.3) is 0 Å². The van der Waals surface area contributed by atoms with Crippen molar-refractivity contribution < 1.29 is 9.59 Å². The average molecular weight is 296 g/mol. The molecule has 2 fully saturated rings. The maximum atomic E-state index is 12.5. The Hall–Kier alpha value is -1.30. The third-order valence-electron chi connectivity index (χ3n) is 4.26. The number of nitrogens with two attached hydrogens (primary N) is 1. The van der Waals surface area contributed by atoms with Crippen LogP contribution in [0.2, 0.25) is 0 Å². The van der Waals surface area contributed by atoms with Crippen molar-refractivity contribution in [2.45, 2.75) is 39.2 Å². The van der Waals surface area contributed by atoms with Gasteiger partial charge in [-0.3, -0.25) is 4.79 Å². The summed E-state index contributed by atoms with van der Waals surface area (Å²) in [5.74, 6) is 0.542. The van der Waals surface area contributed by atoms with E-state index in [0.29, 0.717) is 25.6 Å². The lowest BCUT2D eigenvalue weighted by atomic mass is 9.97. The first-order chi connectivity index (χ1) is 9.97. The van der Waals surface area contributed by atoms with E-state index in [0.717, 1.165) is 32.4 Å². The van der Waals surface area contributed by atoms with E-state index in [-0.39, 0.29) is 23.9 Å². The number of carbonyl (C=O) groups is 2. The number of hydrogen-bond acceptors (Lipinski definition) is 3. The van der Waals surface area contributed by atoms with Crippen LogP contribution < -0.4 is 11.1 Å². The normalized spacial score (nSPS) is 26.3. The molecule has 0 aliphatic carbocycles. The first-order valence-corrected chi connectivity index (χ1v) is 8.04. The van der Waals surface area contributed by atoms with E-state index in [1.54, 1.807) is 4.90 Å². The van der Waals surface area contributed by atoms with Gasteiger partial charge in [0.05, 0.1) is 5.92 Å². The molecule has 3 amide bonds. The number of likely N-dealkylation sites (tertiary alicyclic amines) is 2. The summed E-state index contributed by atoms with van der Waals surface area (Å²) in [6, 6.07) is 0.0716. The first-order valence-electron chi connectivity index (χ1n) is 8.04. The van der Waals surface area contributed by atoms with Crippen LogP contribution in [0.4, 0.5) is 4.79 Å². The van der Waals surface area contributed by atoms with Crippen LogP contribution in [0, 0.1) is 11.8 Å². The highest BCUT2D eigenvalue weighted by Gasteiger charge is 2.33. The van der Waals surface area contributed by atoms with Crippen molar-refractivity contribution in [1.82, 2.24) is 15.1 Å². The van der Waals surface area contributed by atoms with Crippen LogP contribution in [-0.4, -0.2) is 60.5 Å². The summed E-state index contributed by atoms with van der Waals surface area (Å²) in [7, 11) is 0. The molecule has 21 heavy (non-hydrogen) atoms. The van der Waals surface area contributed by atoms with Crippen LogP contribution in [-0.2, 0) is 4.79 Å². The van der Waals surface area contributed by atoms with Crippen LogP contribution in [0.1, 0.15) is 33.1 Å². The minimum atomic E-state index is -0.0613. The number of urea groups is 1. The van der Waals surface area contributed by atoms with E-state index >= 15 is 0 Å². The van der Waals surface area contributed by atoms with Crippen molar-refractivity contribution in [2.75, 3.05) is 32.7 Å². The molecule has 6 nitrogen and oxygen atoms in total. The molecule has 0 aromatic carbocycles. The molecule has 0 aromatic heterocycles. The summed E-state index contributed by atoms with van der Waals surface area (Å²) in [4.78, 5) is 28.3. The van der Waals surface area contributed by atoms with Crippen molar-refractivity contribution >= 4 is 11.9 Å². The van der Waals surface area contributed by atoms with Crippen molar-refractivity contribution in [3.63, 3.8) is 0 Å². The molecule has 6 heteroatoms. The monoisotopic (exact) mass is 296 g/mol. The highest BCUT2D eigenvalue weighted by atomic mass is 16.2. The molecular weight excluding hydrogens is 268 g/mol. The Morgan fingerprint density at radius 1 is 1.19 bits per heavy atom. The highest BCUT2D eigenvalue weighted by molar-refractivity contribution is 5.81. The molecule has 2 aliphatic heterocycles. The topological polar surface area (TPSA) is 78.7 Å². The maximum absolute atomic E-state index is 12.5. The Kier molecular flexibility index (Phi) is 5.45. The molecule has 2 atom stereocenters. The molecule has 0 spiro atoms. The summed E-state index contributed by atoms with van der Waals surface area (Å²) in [5.41, 5.74) is 5.87. The van der Waals surface area contributed by atoms with Gasteiger partial charge >= 0.3 is 6.03 Å². The molecular formula is C15H28N4O2. The number of rotatable bonds is 3. The van der Waals surface area contributed by atoms with Crippen molar-refractivity contribution in [2.24, 2.45) is 17.6 Å². The van der Waals surface area contributed by atoms with Crippen molar-refractivity contribution in [3.8, 4) is 0 Å². The Labute approximate surface area is 127 Å². The minimum Gasteiger partial charge on any atom is -0.341 e. The Morgan fingerprint density at radius 3 is 2.57 bits per heavy atom. The first kappa shape index (κ1) is 16.1. The SMILES string of the molecule is CC(C)CNC(=O)N1CCCC(C(=O)N2CC[C@@H](N)C2)C1. The number of nitrogens with zero attached hydrogens (tertiary/aromatic N) is 2. The minimum absolute atomic E-state index is 0.0423. The Morgan fingerprint density at radius 2 is 1.95 bits per heavy atom. The predicted octanol–water partition coefficient (Wildman–Crippen LogP) is 0.624. The third kappa shape index (κ3) is 4.33. The second-order valence-electron chi connectivity index (χ2n) is 6.70. The van der Waals surface area contributed by atoms with Gasteiger partial charge in [-0.1, -0.05) is 13.8 Å². The average Bonchev–Trinajstić information content (AvgIpc) is 2.90. The zero-order chi connectivity index (χ0) is 15.4. The molecule has 2 rings (SSSR count). The summed E-state index contributed by atoms with van der Waals surface area (Å²) >= 11 is 0. The third-order valence-corrected chi connectivity index (χ3v) is 4.26. The zero-order valence-electron chi connectivity index (χ0n) is 13.2. The van der Waals surface area contributed by atoms with Crippen LogP contribution in [0.15, 0.2) is 0 Å². The zero-order valence-corrected chi connectivity index (χ0v) is 13.2. The lowest BCUT2D eigenvalue weighted by Crippen LogP contribution is -2.50. The smallest absolute Gasteiger partial charge is 0.317 e. The number of piperidine rings is 1. The predicted molar refractivity (Wildman–Crippen MR) is 81.7 cm³/mol. The highest BCUT2D eigenvalue weighted by Crippen LogP contribution is 2.21. The number of amides is 3. The van der Waals surface area contributed by atoms with Crippen LogP contribution in [0.3, 0.4) is 0 Å². The second-order valence-corrected chi connectivity index (χ2v) is 6.70. The van der Waals surface area contributed by atoms with Crippen molar-refractivity contribution in [3.05, 3.63) is 0 Å².